The quantitative estimate of drug-likeness (QED) is 0.101. The van der Waals surface area contributed by atoms with Crippen molar-refractivity contribution in [3.05, 3.63) is 128 Å². The van der Waals surface area contributed by atoms with E-state index in [-0.39, 0.29) is 5.75 Å². The van der Waals surface area contributed by atoms with Gasteiger partial charge in [-0.1, -0.05) is 6.07 Å². The summed E-state index contributed by atoms with van der Waals surface area (Å²) >= 11 is 9.39. The van der Waals surface area contributed by atoms with Crippen LogP contribution >= 0.6 is 79.2 Å². The summed E-state index contributed by atoms with van der Waals surface area (Å²) in [6.45, 7) is 2.10. The van der Waals surface area contributed by atoms with Crippen LogP contribution < -0.4 is 21.9 Å². The Morgan fingerprint density at radius 2 is 1.00 bits per heavy atom. The molecule has 54 heavy (non-hydrogen) atoms. The number of rotatable bonds is 4. The second kappa shape index (κ2) is 16.4. The number of hydrogen-bond acceptors (Lipinski definition) is 11. The summed E-state index contributed by atoms with van der Waals surface area (Å²) in [6, 6.07) is 37.2. The van der Waals surface area contributed by atoms with Gasteiger partial charge in [0.1, 0.15) is 26.5 Å². The van der Waals surface area contributed by atoms with Crippen LogP contribution in [-0.2, 0) is 0 Å². The molecule has 0 bridgehead atoms. The minimum atomic E-state index is 0.268. The summed E-state index contributed by atoms with van der Waals surface area (Å²) in [6.07, 6.45) is 0. The van der Waals surface area contributed by atoms with Crippen molar-refractivity contribution in [2.45, 2.75) is 6.92 Å². The van der Waals surface area contributed by atoms with Crippen LogP contribution in [0.5, 0.6) is 11.5 Å². The third-order valence-electron chi connectivity index (χ3n) is 8.16. The maximum Gasteiger partial charge on any atom is 0.124 e. The van der Waals surface area contributed by atoms with E-state index in [4.69, 9.17) is 21.9 Å². The molecule has 0 amide bonds. The van der Waals surface area contributed by atoms with Crippen molar-refractivity contribution in [3.63, 3.8) is 0 Å². The lowest BCUT2D eigenvalue weighted by atomic mass is 10.2. The van der Waals surface area contributed by atoms with E-state index in [9.17, 15) is 5.11 Å². The second-order valence-electron chi connectivity index (χ2n) is 12.1. The average molecular weight is 991 g/mol. The van der Waals surface area contributed by atoms with E-state index >= 15 is 0 Å². The lowest BCUT2D eigenvalue weighted by molar-refractivity contribution is 0.415. The summed E-state index contributed by atoms with van der Waals surface area (Å²) in [5.74, 6) is 1.12. The maximum atomic E-state index is 9.45. The molecule has 3 aromatic heterocycles. The van der Waals surface area contributed by atoms with Crippen molar-refractivity contribution in [1.82, 2.24) is 15.0 Å². The van der Waals surface area contributed by atoms with Crippen LogP contribution in [0.2, 0.25) is 0 Å². The number of aromatic hydroxyl groups is 1. The van der Waals surface area contributed by atoms with Gasteiger partial charge in [0.25, 0.3) is 0 Å². The molecule has 0 aliphatic heterocycles. The molecule has 9 aromatic rings. The van der Waals surface area contributed by atoms with Gasteiger partial charge >= 0.3 is 0 Å². The number of hydrogen-bond donors (Lipinski definition) is 4. The van der Waals surface area contributed by atoms with Gasteiger partial charge in [-0.15, -0.1) is 34.0 Å². The van der Waals surface area contributed by atoms with Crippen molar-refractivity contribution >= 4 is 127 Å². The van der Waals surface area contributed by atoms with E-state index < -0.39 is 0 Å². The first-order chi connectivity index (χ1) is 26.0. The molecule has 13 heteroatoms. The number of phenols is 1. The van der Waals surface area contributed by atoms with E-state index in [1.54, 1.807) is 53.3 Å². The highest BCUT2D eigenvalue weighted by atomic mass is 127. The van der Waals surface area contributed by atoms with Crippen molar-refractivity contribution in [2.75, 3.05) is 24.3 Å². The Morgan fingerprint density at radius 3 is 1.54 bits per heavy atom. The van der Waals surface area contributed by atoms with Crippen molar-refractivity contribution < 1.29 is 9.84 Å². The number of halogens is 2. The minimum Gasteiger partial charge on any atom is -0.508 e. The number of nitrogens with zero attached hydrogens (tertiary/aromatic N) is 3. The maximum absolute atomic E-state index is 9.45. The van der Waals surface area contributed by atoms with Gasteiger partial charge in [0, 0.05) is 40.9 Å². The molecule has 270 valence electrons. The van der Waals surface area contributed by atoms with Crippen LogP contribution in [0.3, 0.4) is 0 Å². The Labute approximate surface area is 351 Å². The predicted octanol–water partition coefficient (Wildman–Crippen LogP) is 11.9. The van der Waals surface area contributed by atoms with E-state index in [0.717, 1.165) is 87.6 Å². The van der Waals surface area contributed by atoms with E-state index in [0.29, 0.717) is 0 Å². The topological polar surface area (TPSA) is 146 Å². The Morgan fingerprint density at radius 1 is 0.537 bits per heavy atom. The molecule has 0 unspecified atom stereocenters. The number of thiazole rings is 3. The monoisotopic (exact) mass is 990 g/mol. The number of benzene rings is 6. The summed E-state index contributed by atoms with van der Waals surface area (Å²) in [4.78, 5) is 13.8. The number of fused-ring (bicyclic) bond motifs is 3. The van der Waals surface area contributed by atoms with E-state index in [1.807, 2.05) is 78.9 Å². The van der Waals surface area contributed by atoms with Gasteiger partial charge < -0.3 is 27.0 Å². The smallest absolute Gasteiger partial charge is 0.124 e. The van der Waals surface area contributed by atoms with Gasteiger partial charge in [0.2, 0.25) is 0 Å². The Balaban J connectivity index is 0.000000125. The van der Waals surface area contributed by atoms with Gasteiger partial charge in [0.15, 0.2) is 0 Å². The van der Waals surface area contributed by atoms with E-state index in [2.05, 4.69) is 91.3 Å². The van der Waals surface area contributed by atoms with Crippen molar-refractivity contribution in [2.24, 2.45) is 0 Å². The number of aromatic nitrogens is 3. The zero-order chi connectivity index (χ0) is 37.9. The fourth-order valence-electron chi connectivity index (χ4n) is 5.29. The van der Waals surface area contributed by atoms with Crippen LogP contribution in [0.1, 0.15) is 5.56 Å². The molecule has 0 fully saturated rings. The summed E-state index contributed by atoms with van der Waals surface area (Å²) in [5.41, 5.74) is 27.2. The Hall–Kier alpha value is -4.55. The molecule has 3 heterocycles. The highest BCUT2D eigenvalue weighted by molar-refractivity contribution is 14.1. The molecule has 0 aliphatic rings. The van der Waals surface area contributed by atoms with Crippen LogP contribution in [0, 0.1) is 14.1 Å². The van der Waals surface area contributed by atoms with Crippen LogP contribution in [0.4, 0.5) is 17.1 Å². The molecule has 8 nitrogen and oxygen atoms in total. The number of nitrogen functional groups attached to an aromatic ring is 3. The molecule has 0 aliphatic carbocycles. The number of nitrogens with two attached hydrogens (primary N) is 3. The molecule has 7 N–H and O–H groups in total. The van der Waals surface area contributed by atoms with Crippen LogP contribution in [0.25, 0.3) is 62.4 Å². The SMILES string of the molecule is COc1ccc2nc(-c3ccc(N)c(I)c3)sc2c1.Cc1ccc2nc(-c3ccc(N)cc3)sc2c1.Nc1ccc(-c2nc3ccc(O)cc3s2)cc1I. The number of ether oxygens (including phenoxy) is 1. The zero-order valence-electron chi connectivity index (χ0n) is 28.9. The molecule has 0 spiro atoms. The lowest BCUT2D eigenvalue weighted by Crippen LogP contribution is -1.88. The third-order valence-corrected chi connectivity index (χ3v) is 13.2. The summed E-state index contributed by atoms with van der Waals surface area (Å²) in [7, 11) is 1.67. The van der Waals surface area contributed by atoms with Gasteiger partial charge in [-0.05, 0) is 167 Å². The molecule has 0 radical (unpaired) electrons. The second-order valence-corrected chi connectivity index (χ2v) is 17.5. The van der Waals surface area contributed by atoms with Gasteiger partial charge in [0.05, 0.1) is 37.8 Å². The van der Waals surface area contributed by atoms with Crippen molar-refractivity contribution in [1.29, 1.82) is 0 Å². The minimum absolute atomic E-state index is 0.268. The molecule has 0 saturated heterocycles. The molecule has 9 rings (SSSR count). The lowest BCUT2D eigenvalue weighted by Gasteiger charge is -2.00. The third kappa shape index (κ3) is 8.70. The Kier molecular flexibility index (Phi) is 11.5. The highest BCUT2D eigenvalue weighted by Gasteiger charge is 2.10. The molecular formula is C41H32I2N6O2S3. The summed E-state index contributed by atoms with van der Waals surface area (Å²) in [5, 5.41) is 12.4. The highest BCUT2D eigenvalue weighted by Crippen LogP contribution is 2.35. The zero-order valence-corrected chi connectivity index (χ0v) is 35.6. The van der Waals surface area contributed by atoms with Gasteiger partial charge in [-0.2, -0.15) is 0 Å². The normalized spacial score (nSPS) is 10.9. The average Bonchev–Trinajstić information content (AvgIpc) is 3.91. The standard InChI is InChI=1S/C14H11IN2OS.C14H12N2S.C13H9IN2OS/c1-18-9-3-5-12-13(7-9)19-14(17-12)8-2-4-11(16)10(15)6-8;1-9-2-7-12-13(8-9)17-14(16-12)10-3-5-11(15)6-4-10;14-9-5-7(1-3-10(9)15)13-16-11-4-2-8(17)6-12(11)18-13/h2-7H,16H2,1H3;2-8H,15H2,1H3;1-6,17H,15H2. The van der Waals surface area contributed by atoms with E-state index in [1.165, 1.54) is 10.3 Å². The Bertz CT molecular complexity index is 2760. The largest absolute Gasteiger partial charge is 0.508 e. The van der Waals surface area contributed by atoms with Crippen LogP contribution in [0.15, 0.2) is 115 Å². The van der Waals surface area contributed by atoms with Gasteiger partial charge in [-0.25, -0.2) is 15.0 Å². The first-order valence-corrected chi connectivity index (χ1v) is 21.0. The first-order valence-electron chi connectivity index (χ1n) is 16.4. The molecular weight excluding hydrogens is 958 g/mol. The number of anilines is 3. The van der Waals surface area contributed by atoms with Crippen LogP contribution in [-0.4, -0.2) is 27.2 Å². The number of phenolic OH excluding ortho intramolecular Hbond substituents is 1. The first kappa shape index (κ1) is 37.8. The molecule has 0 saturated carbocycles. The summed E-state index contributed by atoms with van der Waals surface area (Å²) < 4.78 is 10.6. The predicted molar refractivity (Wildman–Crippen MR) is 247 cm³/mol. The fourth-order valence-corrected chi connectivity index (χ4v) is 9.38. The molecule has 6 aromatic carbocycles. The van der Waals surface area contributed by atoms with Crippen molar-refractivity contribution in [3.8, 4) is 43.2 Å². The number of methoxy groups -OCH3 is 1. The number of aryl methyl sites for hydroxylation is 1. The fraction of sp³-hybridized carbons (Fsp3) is 0.0488. The van der Waals surface area contributed by atoms with Gasteiger partial charge in [-0.3, -0.25) is 0 Å². The molecule has 0 atom stereocenters.